The Morgan fingerprint density at radius 3 is 1.54 bits per heavy atom. The van der Waals surface area contributed by atoms with Crippen LogP contribution >= 0.6 is 0 Å². The molecule has 0 fully saturated rings. The van der Waals surface area contributed by atoms with Crippen LogP contribution in [0.25, 0.3) is 0 Å². The normalized spacial score (nSPS) is 11.2. The van der Waals surface area contributed by atoms with Crippen molar-refractivity contribution in [3.8, 4) is 0 Å². The minimum absolute atomic E-state index is 0.262. The fraction of sp³-hybridized carbons (Fsp3) is 0.833. The van der Waals surface area contributed by atoms with E-state index >= 15 is 0 Å². The van der Waals surface area contributed by atoms with E-state index < -0.39 is 18.5 Å². The molecular formula is C24H44O4. The maximum absolute atomic E-state index is 11.2. The highest BCUT2D eigenvalue weighted by Crippen LogP contribution is 2.12. The summed E-state index contributed by atoms with van der Waals surface area (Å²) in [4.78, 5) is 22.0. The number of hydrogen-bond donors (Lipinski definition) is 1. The van der Waals surface area contributed by atoms with E-state index in [0.717, 1.165) is 19.3 Å². The van der Waals surface area contributed by atoms with Crippen LogP contribution in [0.2, 0.25) is 0 Å². The summed E-state index contributed by atoms with van der Waals surface area (Å²) in [5, 5.41) is 8.49. The summed E-state index contributed by atoms with van der Waals surface area (Å²) in [6.07, 6.45) is 26.3. The zero-order valence-electron chi connectivity index (χ0n) is 18.3. The van der Waals surface area contributed by atoms with Gasteiger partial charge in [-0.2, -0.15) is 0 Å². The van der Waals surface area contributed by atoms with Crippen LogP contribution < -0.4 is 0 Å². The van der Waals surface area contributed by atoms with E-state index in [4.69, 9.17) is 5.11 Å². The first kappa shape index (κ1) is 26.8. The molecule has 0 unspecified atom stereocenters. The third-order valence-electron chi connectivity index (χ3n) is 5.00. The van der Waals surface area contributed by atoms with E-state index in [2.05, 4.69) is 23.8 Å². The quantitative estimate of drug-likeness (QED) is 0.108. The fourth-order valence-electron chi connectivity index (χ4n) is 3.26. The van der Waals surface area contributed by atoms with Crippen LogP contribution in [-0.4, -0.2) is 23.7 Å². The molecule has 0 aromatic rings. The number of hydrogen-bond acceptors (Lipinski definition) is 4. The lowest BCUT2D eigenvalue weighted by Crippen LogP contribution is -2.14. The molecule has 4 heteroatoms. The van der Waals surface area contributed by atoms with E-state index in [1.54, 1.807) is 0 Å². The molecule has 0 bridgehead atoms. The third-order valence-corrected chi connectivity index (χ3v) is 5.00. The molecule has 28 heavy (non-hydrogen) atoms. The number of aliphatic hydroxyl groups is 1. The zero-order valence-corrected chi connectivity index (χ0v) is 18.3. The molecule has 0 atom stereocenters. The number of esters is 2. The van der Waals surface area contributed by atoms with Gasteiger partial charge in [0.05, 0.1) is 0 Å². The molecule has 0 aliphatic heterocycles. The van der Waals surface area contributed by atoms with Crippen LogP contribution in [0.5, 0.6) is 0 Å². The van der Waals surface area contributed by atoms with Crippen LogP contribution in [0, 0.1) is 0 Å². The second-order valence-electron chi connectivity index (χ2n) is 7.75. The van der Waals surface area contributed by atoms with Gasteiger partial charge in [0.25, 0.3) is 0 Å². The SMILES string of the molecule is CCCCCCCCC=CCCCCCCCCCCCC(=O)OC(=O)CO. The van der Waals surface area contributed by atoms with Crippen LogP contribution in [0.3, 0.4) is 0 Å². The zero-order chi connectivity index (χ0) is 20.7. The van der Waals surface area contributed by atoms with Gasteiger partial charge >= 0.3 is 11.9 Å². The predicted molar refractivity (Wildman–Crippen MR) is 116 cm³/mol. The molecule has 0 heterocycles. The lowest BCUT2D eigenvalue weighted by atomic mass is 10.1. The Labute approximate surface area is 173 Å². The molecule has 0 amide bonds. The van der Waals surface area contributed by atoms with E-state index in [1.807, 2.05) is 0 Å². The summed E-state index contributed by atoms with van der Waals surface area (Å²) in [6, 6.07) is 0. The summed E-state index contributed by atoms with van der Waals surface area (Å²) in [5.41, 5.74) is 0. The standard InChI is InChI=1S/C24H44O4/c1-2-3-4-5-6-7-8-9-10-11-12-13-14-15-16-17-18-19-20-21-23(26)28-24(27)22-25/h9-10,25H,2-8,11-22H2,1H3. The highest BCUT2D eigenvalue weighted by molar-refractivity contribution is 5.85. The van der Waals surface area contributed by atoms with Gasteiger partial charge in [-0.1, -0.05) is 96.1 Å². The van der Waals surface area contributed by atoms with E-state index in [0.29, 0.717) is 0 Å². The Morgan fingerprint density at radius 2 is 1.07 bits per heavy atom. The molecule has 0 aliphatic carbocycles. The maximum atomic E-state index is 11.2. The molecule has 0 aromatic heterocycles. The molecule has 0 radical (unpaired) electrons. The summed E-state index contributed by atoms with van der Waals surface area (Å²) in [5.74, 6) is -1.39. The van der Waals surface area contributed by atoms with Gasteiger partial charge in [0.2, 0.25) is 0 Å². The molecule has 0 rings (SSSR count). The Balaban J connectivity index is 3.18. The monoisotopic (exact) mass is 396 g/mol. The highest BCUT2D eigenvalue weighted by Gasteiger charge is 2.08. The molecule has 0 saturated heterocycles. The molecule has 4 nitrogen and oxygen atoms in total. The summed E-state index contributed by atoms with van der Waals surface area (Å²) < 4.78 is 4.40. The van der Waals surface area contributed by atoms with Gasteiger partial charge in [0, 0.05) is 6.42 Å². The number of ether oxygens (including phenoxy) is 1. The molecule has 0 saturated carbocycles. The number of unbranched alkanes of at least 4 members (excludes halogenated alkanes) is 15. The molecule has 0 aromatic carbocycles. The molecule has 164 valence electrons. The van der Waals surface area contributed by atoms with E-state index in [9.17, 15) is 9.59 Å². The van der Waals surface area contributed by atoms with Gasteiger partial charge in [0.1, 0.15) is 6.61 Å². The van der Waals surface area contributed by atoms with Crippen molar-refractivity contribution in [1.29, 1.82) is 0 Å². The van der Waals surface area contributed by atoms with Crippen LogP contribution in [0.4, 0.5) is 0 Å². The van der Waals surface area contributed by atoms with Crippen molar-refractivity contribution in [2.75, 3.05) is 6.61 Å². The first-order valence-electron chi connectivity index (χ1n) is 11.7. The second-order valence-corrected chi connectivity index (χ2v) is 7.75. The number of carbonyl (C=O) groups is 2. The van der Waals surface area contributed by atoms with Gasteiger partial charge in [-0.25, -0.2) is 4.79 Å². The Bertz CT molecular complexity index is 390. The predicted octanol–water partition coefficient (Wildman–Crippen LogP) is 6.65. The molecule has 0 spiro atoms. The fourth-order valence-corrected chi connectivity index (χ4v) is 3.26. The number of aliphatic hydroxyl groups excluding tert-OH is 1. The van der Waals surface area contributed by atoms with Crippen molar-refractivity contribution in [3.63, 3.8) is 0 Å². The summed E-state index contributed by atoms with van der Waals surface area (Å²) in [6.45, 7) is 1.53. The van der Waals surface area contributed by atoms with Crippen molar-refractivity contribution in [2.24, 2.45) is 0 Å². The highest BCUT2D eigenvalue weighted by atomic mass is 16.6. The van der Waals surface area contributed by atoms with Gasteiger partial charge in [-0.15, -0.1) is 0 Å². The van der Waals surface area contributed by atoms with Crippen molar-refractivity contribution >= 4 is 11.9 Å². The summed E-state index contributed by atoms with van der Waals surface area (Å²) in [7, 11) is 0. The first-order chi connectivity index (χ1) is 13.7. The smallest absolute Gasteiger partial charge is 0.339 e. The van der Waals surface area contributed by atoms with Crippen molar-refractivity contribution in [1.82, 2.24) is 0 Å². The Kier molecular flexibility index (Phi) is 21.2. The van der Waals surface area contributed by atoms with Gasteiger partial charge in [-0.3, -0.25) is 4.79 Å². The largest absolute Gasteiger partial charge is 0.391 e. The van der Waals surface area contributed by atoms with Gasteiger partial charge in [0.15, 0.2) is 0 Å². The number of allylic oxidation sites excluding steroid dienone is 2. The average Bonchev–Trinajstić information content (AvgIpc) is 2.69. The van der Waals surface area contributed by atoms with Crippen LogP contribution in [-0.2, 0) is 14.3 Å². The lowest BCUT2D eigenvalue weighted by molar-refractivity contribution is -0.161. The van der Waals surface area contributed by atoms with Crippen molar-refractivity contribution in [2.45, 2.75) is 122 Å². The molecule has 0 aliphatic rings. The lowest BCUT2D eigenvalue weighted by Gasteiger charge is -2.03. The minimum atomic E-state index is -0.863. The Morgan fingerprint density at radius 1 is 0.643 bits per heavy atom. The maximum Gasteiger partial charge on any atom is 0.339 e. The van der Waals surface area contributed by atoms with Crippen molar-refractivity contribution in [3.05, 3.63) is 12.2 Å². The molecule has 1 N–H and O–H groups in total. The van der Waals surface area contributed by atoms with Crippen LogP contribution in [0.15, 0.2) is 12.2 Å². The van der Waals surface area contributed by atoms with Crippen LogP contribution in [0.1, 0.15) is 122 Å². The number of rotatable bonds is 20. The second kappa shape index (κ2) is 22.1. The van der Waals surface area contributed by atoms with Crippen molar-refractivity contribution < 1.29 is 19.4 Å². The first-order valence-corrected chi connectivity index (χ1v) is 11.7. The third kappa shape index (κ3) is 21.1. The minimum Gasteiger partial charge on any atom is -0.391 e. The van der Waals surface area contributed by atoms with E-state index in [1.165, 1.54) is 89.9 Å². The number of carbonyl (C=O) groups excluding carboxylic acids is 2. The van der Waals surface area contributed by atoms with E-state index in [-0.39, 0.29) is 6.42 Å². The molecular weight excluding hydrogens is 352 g/mol. The summed E-state index contributed by atoms with van der Waals surface area (Å²) >= 11 is 0. The topological polar surface area (TPSA) is 63.6 Å². The average molecular weight is 397 g/mol. The Hall–Kier alpha value is -1.16. The van der Waals surface area contributed by atoms with Gasteiger partial charge in [-0.05, 0) is 32.1 Å². The van der Waals surface area contributed by atoms with Gasteiger partial charge < -0.3 is 9.84 Å².